The number of hydrogen-bond acceptors (Lipinski definition) is 2. The van der Waals surface area contributed by atoms with Gasteiger partial charge in [-0.3, -0.25) is 0 Å². The van der Waals surface area contributed by atoms with Gasteiger partial charge >= 0.3 is 0 Å². The predicted octanol–water partition coefficient (Wildman–Crippen LogP) is 2.34. The molecule has 0 saturated carbocycles. The molecule has 1 rings (SSSR count). The molecule has 1 aromatic rings. The van der Waals surface area contributed by atoms with Crippen LogP contribution in [0.5, 0.6) is 0 Å². The second-order valence-corrected chi connectivity index (χ2v) is 4.02. The van der Waals surface area contributed by atoms with Gasteiger partial charge in [0.15, 0.2) is 0 Å². The highest BCUT2D eigenvalue weighted by Gasteiger charge is 2.07. The minimum Gasteiger partial charge on any atom is -0.329 e. The van der Waals surface area contributed by atoms with Crippen LogP contribution in [0.3, 0.4) is 0 Å². The molecule has 0 radical (unpaired) electrons. The summed E-state index contributed by atoms with van der Waals surface area (Å²) in [5.41, 5.74) is 6.73. The lowest BCUT2D eigenvalue weighted by Gasteiger charge is -2.19. The molecule has 0 saturated heterocycles. The van der Waals surface area contributed by atoms with Gasteiger partial charge in [0, 0.05) is 23.7 Å². The van der Waals surface area contributed by atoms with E-state index in [4.69, 9.17) is 17.3 Å². The molecule has 1 aromatic carbocycles. The van der Waals surface area contributed by atoms with Crippen molar-refractivity contribution in [2.45, 2.75) is 25.9 Å². The van der Waals surface area contributed by atoms with Crippen molar-refractivity contribution in [1.29, 1.82) is 0 Å². The predicted molar refractivity (Wildman–Crippen MR) is 61.5 cm³/mol. The van der Waals surface area contributed by atoms with Crippen LogP contribution in [0.25, 0.3) is 0 Å². The zero-order chi connectivity index (χ0) is 10.6. The molecule has 3 N–H and O–H groups in total. The maximum atomic E-state index is 5.91. The Morgan fingerprint density at radius 2 is 2.14 bits per heavy atom. The Morgan fingerprint density at radius 1 is 1.43 bits per heavy atom. The molecule has 0 aliphatic carbocycles. The van der Waals surface area contributed by atoms with E-state index in [9.17, 15) is 0 Å². The summed E-state index contributed by atoms with van der Waals surface area (Å²) in [4.78, 5) is 0. The molecule has 78 valence electrons. The SMILES string of the molecule is CC(CN)N[C@@H](C)c1cccc(Cl)c1. The summed E-state index contributed by atoms with van der Waals surface area (Å²) in [7, 11) is 0. The van der Waals surface area contributed by atoms with Crippen LogP contribution in [0.1, 0.15) is 25.5 Å². The van der Waals surface area contributed by atoms with E-state index >= 15 is 0 Å². The van der Waals surface area contributed by atoms with Crippen molar-refractivity contribution in [1.82, 2.24) is 5.32 Å². The Bertz CT molecular complexity index is 288. The first-order chi connectivity index (χ1) is 6.63. The number of benzene rings is 1. The lowest BCUT2D eigenvalue weighted by Crippen LogP contribution is -2.34. The van der Waals surface area contributed by atoms with Crippen molar-refractivity contribution < 1.29 is 0 Å². The molecule has 3 heteroatoms. The van der Waals surface area contributed by atoms with Crippen LogP contribution in [0.2, 0.25) is 5.02 Å². The minimum absolute atomic E-state index is 0.284. The molecule has 0 bridgehead atoms. The van der Waals surface area contributed by atoms with E-state index in [-0.39, 0.29) is 6.04 Å². The van der Waals surface area contributed by atoms with Gasteiger partial charge in [-0.25, -0.2) is 0 Å². The van der Waals surface area contributed by atoms with Crippen LogP contribution in [0, 0.1) is 0 Å². The normalized spacial score (nSPS) is 15.1. The van der Waals surface area contributed by atoms with E-state index in [1.54, 1.807) is 0 Å². The molecule has 0 fully saturated rings. The van der Waals surface area contributed by atoms with E-state index < -0.39 is 0 Å². The van der Waals surface area contributed by atoms with Gasteiger partial charge in [-0.05, 0) is 31.5 Å². The van der Waals surface area contributed by atoms with Crippen LogP contribution >= 0.6 is 11.6 Å². The first-order valence-electron chi connectivity index (χ1n) is 4.85. The molecule has 0 aliphatic heterocycles. The Balaban J connectivity index is 2.64. The highest BCUT2D eigenvalue weighted by molar-refractivity contribution is 6.30. The summed E-state index contributed by atoms with van der Waals surface area (Å²) < 4.78 is 0. The molecule has 0 heterocycles. The van der Waals surface area contributed by atoms with E-state index in [1.807, 2.05) is 18.2 Å². The molecular weight excluding hydrogens is 196 g/mol. The largest absolute Gasteiger partial charge is 0.329 e. The van der Waals surface area contributed by atoms with Crippen molar-refractivity contribution in [3.8, 4) is 0 Å². The smallest absolute Gasteiger partial charge is 0.0409 e. The fraction of sp³-hybridized carbons (Fsp3) is 0.455. The zero-order valence-electron chi connectivity index (χ0n) is 8.63. The highest BCUT2D eigenvalue weighted by atomic mass is 35.5. The Kier molecular flexibility index (Phi) is 4.39. The summed E-state index contributed by atoms with van der Waals surface area (Å²) in [5, 5.41) is 4.16. The second kappa shape index (κ2) is 5.35. The fourth-order valence-electron chi connectivity index (χ4n) is 1.37. The van der Waals surface area contributed by atoms with Gasteiger partial charge in [0.05, 0.1) is 0 Å². The molecular formula is C11H17ClN2. The van der Waals surface area contributed by atoms with Crippen molar-refractivity contribution in [3.63, 3.8) is 0 Å². The van der Waals surface area contributed by atoms with Gasteiger partial charge in [-0.1, -0.05) is 23.7 Å². The first kappa shape index (κ1) is 11.5. The van der Waals surface area contributed by atoms with Crippen LogP contribution in [-0.2, 0) is 0 Å². The van der Waals surface area contributed by atoms with Gasteiger partial charge in [-0.2, -0.15) is 0 Å². The average molecular weight is 213 g/mol. The molecule has 0 aromatic heterocycles. The molecule has 14 heavy (non-hydrogen) atoms. The summed E-state index contributed by atoms with van der Waals surface area (Å²) in [6.07, 6.45) is 0. The summed E-state index contributed by atoms with van der Waals surface area (Å²) in [5.74, 6) is 0. The summed E-state index contributed by atoms with van der Waals surface area (Å²) in [6.45, 7) is 4.82. The van der Waals surface area contributed by atoms with Gasteiger partial charge in [-0.15, -0.1) is 0 Å². The Hall–Kier alpha value is -0.570. The maximum absolute atomic E-state index is 5.91. The quantitative estimate of drug-likeness (QED) is 0.804. The monoisotopic (exact) mass is 212 g/mol. The lowest BCUT2D eigenvalue weighted by molar-refractivity contribution is 0.485. The molecule has 1 unspecified atom stereocenters. The third-order valence-electron chi connectivity index (χ3n) is 2.24. The van der Waals surface area contributed by atoms with E-state index in [1.165, 1.54) is 5.56 Å². The highest BCUT2D eigenvalue weighted by Crippen LogP contribution is 2.17. The maximum Gasteiger partial charge on any atom is 0.0409 e. The van der Waals surface area contributed by atoms with E-state index in [0.29, 0.717) is 12.6 Å². The molecule has 2 nitrogen and oxygen atoms in total. The average Bonchev–Trinajstić information content (AvgIpc) is 2.17. The minimum atomic E-state index is 0.284. The molecule has 0 amide bonds. The third-order valence-corrected chi connectivity index (χ3v) is 2.47. The van der Waals surface area contributed by atoms with E-state index in [0.717, 1.165) is 5.02 Å². The van der Waals surface area contributed by atoms with Gasteiger partial charge in [0.1, 0.15) is 0 Å². The molecule has 0 spiro atoms. The fourth-order valence-corrected chi connectivity index (χ4v) is 1.57. The number of rotatable bonds is 4. The third kappa shape index (κ3) is 3.29. The standard InChI is InChI=1S/C11H17ClN2/c1-8(7-13)14-9(2)10-4-3-5-11(12)6-10/h3-6,8-9,14H,7,13H2,1-2H3/t8?,9-/m0/s1. The Labute approximate surface area is 90.4 Å². The number of nitrogens with two attached hydrogens (primary N) is 1. The second-order valence-electron chi connectivity index (χ2n) is 3.58. The van der Waals surface area contributed by atoms with E-state index in [2.05, 4.69) is 25.2 Å². The van der Waals surface area contributed by atoms with Crippen molar-refractivity contribution in [2.75, 3.05) is 6.54 Å². The van der Waals surface area contributed by atoms with Crippen molar-refractivity contribution >= 4 is 11.6 Å². The first-order valence-corrected chi connectivity index (χ1v) is 5.23. The van der Waals surface area contributed by atoms with Crippen molar-refractivity contribution in [2.24, 2.45) is 5.73 Å². The molecule has 0 aliphatic rings. The van der Waals surface area contributed by atoms with Crippen molar-refractivity contribution in [3.05, 3.63) is 34.9 Å². The molecule has 2 atom stereocenters. The van der Waals surface area contributed by atoms with Crippen LogP contribution in [-0.4, -0.2) is 12.6 Å². The van der Waals surface area contributed by atoms with Crippen LogP contribution in [0.4, 0.5) is 0 Å². The van der Waals surface area contributed by atoms with Crippen LogP contribution < -0.4 is 11.1 Å². The van der Waals surface area contributed by atoms with Gasteiger partial charge in [0.25, 0.3) is 0 Å². The summed E-state index contributed by atoms with van der Waals surface area (Å²) >= 11 is 5.91. The Morgan fingerprint density at radius 3 is 2.71 bits per heavy atom. The summed E-state index contributed by atoms with van der Waals surface area (Å²) in [6, 6.07) is 8.48. The topological polar surface area (TPSA) is 38.0 Å². The number of hydrogen-bond donors (Lipinski definition) is 2. The van der Waals surface area contributed by atoms with Gasteiger partial charge < -0.3 is 11.1 Å². The lowest BCUT2D eigenvalue weighted by atomic mass is 10.1. The number of halogens is 1. The van der Waals surface area contributed by atoms with Gasteiger partial charge in [0.2, 0.25) is 0 Å². The number of nitrogens with one attached hydrogen (secondary N) is 1. The zero-order valence-corrected chi connectivity index (χ0v) is 9.38. The van der Waals surface area contributed by atoms with Crippen LogP contribution in [0.15, 0.2) is 24.3 Å².